The smallest absolute Gasteiger partial charge is 0.308 e. The Morgan fingerprint density at radius 1 is 1.06 bits per heavy atom. The average molecular weight is 426 g/mol. The molecule has 0 saturated heterocycles. The van der Waals surface area contributed by atoms with Crippen LogP contribution in [0.3, 0.4) is 0 Å². The molecule has 0 aliphatic rings. The molecule has 5 nitrogen and oxygen atoms in total. The van der Waals surface area contributed by atoms with Crippen molar-refractivity contribution in [2.45, 2.75) is 32.3 Å². The number of aliphatic hydroxyl groups excluding tert-OH is 1. The van der Waals surface area contributed by atoms with E-state index in [9.17, 15) is 18.7 Å². The first kappa shape index (κ1) is 22.4. The SMILES string of the molecule is COC(=O)C[C@H](O)C=Cn1c(C(C)C)nc(-c2ccc(F)cc2)c1-c1ccc(F)cc1. The zero-order valence-corrected chi connectivity index (χ0v) is 17.5. The number of benzene rings is 2. The van der Waals surface area contributed by atoms with E-state index < -0.39 is 12.1 Å². The second kappa shape index (κ2) is 9.66. The summed E-state index contributed by atoms with van der Waals surface area (Å²) in [4.78, 5) is 16.2. The van der Waals surface area contributed by atoms with Gasteiger partial charge in [0.15, 0.2) is 0 Å². The van der Waals surface area contributed by atoms with Gasteiger partial charge in [0.1, 0.15) is 17.5 Å². The number of esters is 1. The number of methoxy groups -OCH3 is 1. The van der Waals surface area contributed by atoms with Crippen molar-refractivity contribution < 1.29 is 23.4 Å². The van der Waals surface area contributed by atoms with E-state index in [1.54, 1.807) is 35.0 Å². The van der Waals surface area contributed by atoms with Gasteiger partial charge in [-0.2, -0.15) is 0 Å². The maximum atomic E-state index is 13.6. The fourth-order valence-electron chi connectivity index (χ4n) is 3.21. The van der Waals surface area contributed by atoms with Crippen molar-refractivity contribution in [3.63, 3.8) is 0 Å². The zero-order chi connectivity index (χ0) is 22.5. The molecular formula is C24H24F2N2O3. The van der Waals surface area contributed by atoms with Gasteiger partial charge in [0.25, 0.3) is 0 Å². The van der Waals surface area contributed by atoms with Crippen LogP contribution < -0.4 is 0 Å². The Bertz CT molecular complexity index is 1070. The number of rotatable bonds is 7. The minimum Gasteiger partial charge on any atom is -0.469 e. The maximum absolute atomic E-state index is 13.6. The van der Waals surface area contributed by atoms with E-state index in [2.05, 4.69) is 4.74 Å². The fourth-order valence-corrected chi connectivity index (χ4v) is 3.21. The molecule has 162 valence electrons. The molecule has 0 aliphatic carbocycles. The molecule has 1 aromatic heterocycles. The molecule has 0 aliphatic heterocycles. The number of carbonyl (C=O) groups excluding carboxylic acids is 1. The van der Waals surface area contributed by atoms with E-state index in [4.69, 9.17) is 4.98 Å². The predicted molar refractivity (Wildman–Crippen MR) is 115 cm³/mol. The lowest BCUT2D eigenvalue weighted by Crippen LogP contribution is -2.12. The molecule has 0 amide bonds. The van der Waals surface area contributed by atoms with Crippen molar-refractivity contribution in [1.82, 2.24) is 9.55 Å². The van der Waals surface area contributed by atoms with Crippen LogP contribution in [0.25, 0.3) is 28.7 Å². The summed E-state index contributed by atoms with van der Waals surface area (Å²) in [6.07, 6.45) is 1.88. The lowest BCUT2D eigenvalue weighted by molar-refractivity contribution is -0.142. The monoisotopic (exact) mass is 426 g/mol. The van der Waals surface area contributed by atoms with Gasteiger partial charge in [-0.05, 0) is 54.6 Å². The Hall–Kier alpha value is -3.32. The first-order chi connectivity index (χ1) is 14.8. The van der Waals surface area contributed by atoms with Crippen molar-refractivity contribution in [2.24, 2.45) is 0 Å². The molecule has 0 saturated carbocycles. The lowest BCUT2D eigenvalue weighted by atomic mass is 10.0. The lowest BCUT2D eigenvalue weighted by Gasteiger charge is -2.12. The van der Waals surface area contributed by atoms with Crippen molar-refractivity contribution in [2.75, 3.05) is 7.11 Å². The van der Waals surface area contributed by atoms with Crippen molar-refractivity contribution in [3.05, 3.63) is 72.1 Å². The first-order valence-electron chi connectivity index (χ1n) is 9.87. The van der Waals surface area contributed by atoms with E-state index >= 15 is 0 Å². The van der Waals surface area contributed by atoms with Crippen LogP contribution in [0.4, 0.5) is 8.78 Å². The summed E-state index contributed by atoms with van der Waals surface area (Å²) in [5, 5.41) is 10.2. The number of nitrogens with zero attached hydrogens (tertiary/aromatic N) is 2. The van der Waals surface area contributed by atoms with Gasteiger partial charge in [-0.1, -0.05) is 13.8 Å². The summed E-state index contributed by atoms with van der Waals surface area (Å²) < 4.78 is 33.4. The number of aromatic nitrogens is 2. The molecule has 1 N–H and O–H groups in total. The molecule has 1 atom stereocenters. The van der Waals surface area contributed by atoms with E-state index in [1.807, 2.05) is 13.8 Å². The first-order valence-corrected chi connectivity index (χ1v) is 9.87. The van der Waals surface area contributed by atoms with Crippen molar-refractivity contribution in [1.29, 1.82) is 0 Å². The Labute approximate surface area is 179 Å². The van der Waals surface area contributed by atoms with Crippen LogP contribution in [-0.2, 0) is 9.53 Å². The maximum Gasteiger partial charge on any atom is 0.308 e. The molecule has 3 aromatic rings. The summed E-state index contributed by atoms with van der Waals surface area (Å²) >= 11 is 0. The topological polar surface area (TPSA) is 64.3 Å². The molecule has 0 bridgehead atoms. The van der Waals surface area contributed by atoms with Gasteiger partial charge in [0.2, 0.25) is 0 Å². The van der Waals surface area contributed by atoms with Crippen LogP contribution in [0.2, 0.25) is 0 Å². The van der Waals surface area contributed by atoms with Gasteiger partial charge in [0.05, 0.1) is 31.0 Å². The van der Waals surface area contributed by atoms with E-state index in [-0.39, 0.29) is 24.0 Å². The van der Waals surface area contributed by atoms with Crippen LogP contribution in [-0.4, -0.2) is 33.8 Å². The van der Waals surface area contributed by atoms with Gasteiger partial charge in [0, 0.05) is 23.2 Å². The largest absolute Gasteiger partial charge is 0.469 e. The summed E-state index contributed by atoms with van der Waals surface area (Å²) in [6, 6.07) is 12.0. The number of aliphatic hydroxyl groups is 1. The summed E-state index contributed by atoms with van der Waals surface area (Å²) in [7, 11) is 1.26. The molecule has 0 unspecified atom stereocenters. The van der Waals surface area contributed by atoms with E-state index in [0.717, 1.165) is 0 Å². The van der Waals surface area contributed by atoms with Gasteiger partial charge in [-0.15, -0.1) is 0 Å². The molecule has 0 fully saturated rings. The Morgan fingerprint density at radius 2 is 1.61 bits per heavy atom. The Morgan fingerprint density at radius 3 is 2.13 bits per heavy atom. The highest BCUT2D eigenvalue weighted by atomic mass is 19.1. The molecular weight excluding hydrogens is 402 g/mol. The zero-order valence-electron chi connectivity index (χ0n) is 17.5. The van der Waals surface area contributed by atoms with Gasteiger partial charge >= 0.3 is 5.97 Å². The molecule has 1 heterocycles. The van der Waals surface area contributed by atoms with E-state index in [0.29, 0.717) is 28.3 Å². The summed E-state index contributed by atoms with van der Waals surface area (Å²) in [6.45, 7) is 3.95. The number of hydrogen-bond donors (Lipinski definition) is 1. The number of hydrogen-bond acceptors (Lipinski definition) is 4. The number of carbonyl (C=O) groups is 1. The molecule has 3 rings (SSSR count). The van der Waals surface area contributed by atoms with Gasteiger partial charge in [-0.25, -0.2) is 13.8 Å². The second-order valence-electron chi connectivity index (χ2n) is 7.39. The van der Waals surface area contributed by atoms with Crippen molar-refractivity contribution in [3.8, 4) is 22.5 Å². The third kappa shape index (κ3) is 5.24. The van der Waals surface area contributed by atoms with Crippen LogP contribution in [0.15, 0.2) is 54.6 Å². The standard InChI is InChI=1S/C24H24F2N2O3/c1-15(2)24-27-22(16-4-8-18(25)9-5-16)23(17-6-10-19(26)11-7-17)28(24)13-12-20(29)14-21(30)31-3/h4-13,15,20,29H,14H2,1-3H3/t20-/m1/s1. The Balaban J connectivity index is 2.18. The third-order valence-corrected chi connectivity index (χ3v) is 4.75. The van der Waals surface area contributed by atoms with Crippen LogP contribution in [0, 0.1) is 11.6 Å². The second-order valence-corrected chi connectivity index (χ2v) is 7.39. The number of halogens is 2. The van der Waals surface area contributed by atoms with Gasteiger partial charge < -0.3 is 14.4 Å². The van der Waals surface area contributed by atoms with Gasteiger partial charge in [-0.3, -0.25) is 4.79 Å². The predicted octanol–water partition coefficient (Wildman–Crippen LogP) is 5.01. The summed E-state index contributed by atoms with van der Waals surface area (Å²) in [5.74, 6) is -0.554. The van der Waals surface area contributed by atoms with Crippen molar-refractivity contribution >= 4 is 12.2 Å². The highest BCUT2D eigenvalue weighted by Crippen LogP contribution is 2.35. The van der Waals surface area contributed by atoms with E-state index in [1.165, 1.54) is 37.5 Å². The highest BCUT2D eigenvalue weighted by molar-refractivity contribution is 5.81. The Kier molecular flexibility index (Phi) is 6.97. The molecule has 2 aromatic carbocycles. The summed E-state index contributed by atoms with van der Waals surface area (Å²) in [5.41, 5.74) is 2.66. The average Bonchev–Trinajstić information content (AvgIpc) is 3.13. The highest BCUT2D eigenvalue weighted by Gasteiger charge is 2.21. The minimum atomic E-state index is -1.05. The van der Waals surface area contributed by atoms with Crippen LogP contribution >= 0.6 is 0 Å². The third-order valence-electron chi connectivity index (χ3n) is 4.75. The normalized spacial score (nSPS) is 12.5. The molecule has 0 radical (unpaired) electrons. The molecule has 0 spiro atoms. The van der Waals surface area contributed by atoms with Crippen LogP contribution in [0.1, 0.15) is 32.0 Å². The number of imidazole rings is 1. The molecule has 7 heteroatoms. The van der Waals surface area contributed by atoms with Crippen LogP contribution in [0.5, 0.6) is 0 Å². The molecule has 31 heavy (non-hydrogen) atoms. The quantitative estimate of drug-likeness (QED) is 0.539. The fraction of sp³-hybridized carbons (Fsp3) is 0.250. The minimum absolute atomic E-state index is 0.01000. The number of ether oxygens (including phenoxy) is 1.